The van der Waals surface area contributed by atoms with Crippen LogP contribution < -0.4 is 10.5 Å². The van der Waals surface area contributed by atoms with Crippen LogP contribution in [0.2, 0.25) is 0 Å². The van der Waals surface area contributed by atoms with Crippen LogP contribution in [0.15, 0.2) is 27.4 Å². The van der Waals surface area contributed by atoms with Gasteiger partial charge in [0.25, 0.3) is 0 Å². The van der Waals surface area contributed by atoms with E-state index < -0.39 is 22.9 Å². The number of nitrogens with zero attached hydrogens (tertiary/aromatic N) is 2. The van der Waals surface area contributed by atoms with Gasteiger partial charge in [0.1, 0.15) is 11.7 Å². The van der Waals surface area contributed by atoms with Crippen LogP contribution in [0.3, 0.4) is 0 Å². The van der Waals surface area contributed by atoms with E-state index in [1.807, 2.05) is 0 Å². The molecule has 104 valence electrons. The fourth-order valence-corrected chi connectivity index (χ4v) is 1.86. The molecule has 0 aliphatic heterocycles. The molecule has 1 heterocycles. The minimum atomic E-state index is -4.81. The molecule has 0 atom stereocenters. The Morgan fingerprint density at radius 2 is 1.95 bits per heavy atom. The monoisotopic (exact) mass is 282 g/mol. The molecule has 0 saturated carbocycles. The standard InChI is InChI=1S/C13H9F3N2O2/c1-18(2)7-3-4-8-10(5-7)20-12(19)9(6-17)11(8)13(14,15)16/h3-5H,1-2H3. The minimum absolute atomic E-state index is 0.201. The minimum Gasteiger partial charge on any atom is -0.422 e. The van der Waals surface area contributed by atoms with Crippen LogP contribution in [0.1, 0.15) is 11.1 Å². The molecule has 0 amide bonds. The van der Waals surface area contributed by atoms with E-state index in [2.05, 4.69) is 0 Å². The van der Waals surface area contributed by atoms with Crippen molar-refractivity contribution in [3.8, 4) is 6.07 Å². The van der Waals surface area contributed by atoms with Crippen molar-refractivity contribution in [1.29, 1.82) is 5.26 Å². The van der Waals surface area contributed by atoms with E-state index in [-0.39, 0.29) is 11.0 Å². The highest BCUT2D eigenvalue weighted by molar-refractivity contribution is 5.85. The Morgan fingerprint density at radius 3 is 2.45 bits per heavy atom. The molecule has 0 saturated heterocycles. The summed E-state index contributed by atoms with van der Waals surface area (Å²) in [6.07, 6.45) is -4.81. The average Bonchev–Trinajstić information content (AvgIpc) is 2.34. The molecular weight excluding hydrogens is 273 g/mol. The van der Waals surface area contributed by atoms with Crippen molar-refractivity contribution >= 4 is 16.7 Å². The maximum Gasteiger partial charge on any atom is 0.418 e. The molecule has 0 bridgehead atoms. The summed E-state index contributed by atoms with van der Waals surface area (Å²) in [5.74, 6) is 0. The van der Waals surface area contributed by atoms with Crippen molar-refractivity contribution < 1.29 is 17.6 Å². The summed E-state index contributed by atoms with van der Waals surface area (Å²) in [6, 6.07) is 5.24. The summed E-state index contributed by atoms with van der Waals surface area (Å²) < 4.78 is 44.0. The first-order valence-corrected chi connectivity index (χ1v) is 5.51. The van der Waals surface area contributed by atoms with Crippen molar-refractivity contribution in [1.82, 2.24) is 0 Å². The lowest BCUT2D eigenvalue weighted by molar-refractivity contribution is -0.136. The zero-order chi connectivity index (χ0) is 15.1. The smallest absolute Gasteiger partial charge is 0.418 e. The first-order valence-electron chi connectivity index (χ1n) is 5.51. The van der Waals surface area contributed by atoms with Gasteiger partial charge in [0.05, 0.1) is 5.56 Å². The third-order valence-electron chi connectivity index (χ3n) is 2.80. The number of nitriles is 1. The molecule has 4 nitrogen and oxygen atoms in total. The highest BCUT2D eigenvalue weighted by Gasteiger charge is 2.38. The van der Waals surface area contributed by atoms with Gasteiger partial charge in [0.2, 0.25) is 0 Å². The normalized spacial score (nSPS) is 11.4. The van der Waals surface area contributed by atoms with E-state index in [0.717, 1.165) is 0 Å². The summed E-state index contributed by atoms with van der Waals surface area (Å²) in [4.78, 5) is 13.2. The molecule has 0 spiro atoms. The third kappa shape index (κ3) is 2.20. The highest BCUT2D eigenvalue weighted by Crippen LogP contribution is 2.36. The maximum absolute atomic E-state index is 13.1. The van der Waals surface area contributed by atoms with Crippen LogP contribution >= 0.6 is 0 Å². The molecule has 0 unspecified atom stereocenters. The summed E-state index contributed by atoms with van der Waals surface area (Å²) in [5.41, 5.74) is -3.19. The predicted molar refractivity (Wildman–Crippen MR) is 66.5 cm³/mol. The highest BCUT2D eigenvalue weighted by atomic mass is 19.4. The molecule has 2 rings (SSSR count). The summed E-state index contributed by atoms with van der Waals surface area (Å²) in [6.45, 7) is 0. The van der Waals surface area contributed by atoms with Crippen molar-refractivity contribution in [3.05, 3.63) is 39.7 Å². The van der Waals surface area contributed by atoms with Crippen molar-refractivity contribution in [2.24, 2.45) is 0 Å². The zero-order valence-corrected chi connectivity index (χ0v) is 10.6. The van der Waals surface area contributed by atoms with Gasteiger partial charge in [-0.2, -0.15) is 18.4 Å². The van der Waals surface area contributed by atoms with Gasteiger partial charge in [-0.15, -0.1) is 0 Å². The molecule has 0 aliphatic rings. The topological polar surface area (TPSA) is 57.2 Å². The Bertz CT molecular complexity index is 770. The van der Waals surface area contributed by atoms with Crippen LogP contribution in [-0.4, -0.2) is 14.1 Å². The second-order valence-corrected chi connectivity index (χ2v) is 4.32. The SMILES string of the molecule is CN(C)c1ccc2c(C(F)(F)F)c(C#N)c(=O)oc2c1. The van der Waals surface area contributed by atoms with Gasteiger partial charge in [-0.25, -0.2) is 4.79 Å². The fourth-order valence-electron chi connectivity index (χ4n) is 1.86. The molecule has 20 heavy (non-hydrogen) atoms. The average molecular weight is 282 g/mol. The number of benzene rings is 1. The van der Waals surface area contributed by atoms with E-state index in [9.17, 15) is 18.0 Å². The molecule has 2 aromatic rings. The van der Waals surface area contributed by atoms with Crippen molar-refractivity contribution in [3.63, 3.8) is 0 Å². The molecule has 7 heteroatoms. The maximum atomic E-state index is 13.1. The lowest BCUT2D eigenvalue weighted by Crippen LogP contribution is -2.17. The van der Waals surface area contributed by atoms with E-state index in [1.165, 1.54) is 24.3 Å². The molecule has 0 aliphatic carbocycles. The van der Waals surface area contributed by atoms with E-state index in [4.69, 9.17) is 9.68 Å². The van der Waals surface area contributed by atoms with Crippen LogP contribution in [0, 0.1) is 11.3 Å². The van der Waals surface area contributed by atoms with E-state index in [0.29, 0.717) is 5.69 Å². The Labute approximate surface area is 111 Å². The van der Waals surface area contributed by atoms with Crippen LogP contribution in [0.4, 0.5) is 18.9 Å². The largest absolute Gasteiger partial charge is 0.422 e. The molecular formula is C13H9F3N2O2. The number of hydrogen-bond donors (Lipinski definition) is 0. The Morgan fingerprint density at radius 1 is 1.30 bits per heavy atom. The lowest BCUT2D eigenvalue weighted by atomic mass is 10.0. The number of halogens is 3. The fraction of sp³-hybridized carbons (Fsp3) is 0.231. The summed E-state index contributed by atoms with van der Waals surface area (Å²) in [7, 11) is 3.40. The quantitative estimate of drug-likeness (QED) is 0.755. The van der Waals surface area contributed by atoms with Crippen LogP contribution in [0.5, 0.6) is 0 Å². The number of rotatable bonds is 1. The van der Waals surface area contributed by atoms with Gasteiger partial charge >= 0.3 is 11.8 Å². The Kier molecular flexibility index (Phi) is 3.18. The molecule has 0 N–H and O–H groups in total. The number of fused-ring (bicyclic) bond motifs is 1. The van der Waals surface area contributed by atoms with Gasteiger partial charge in [-0.05, 0) is 12.1 Å². The van der Waals surface area contributed by atoms with Crippen molar-refractivity contribution in [2.75, 3.05) is 19.0 Å². The summed E-state index contributed by atoms with van der Waals surface area (Å²) >= 11 is 0. The van der Waals surface area contributed by atoms with Crippen LogP contribution in [-0.2, 0) is 6.18 Å². The number of hydrogen-bond acceptors (Lipinski definition) is 4. The Balaban J connectivity index is 2.94. The predicted octanol–water partition coefficient (Wildman–Crippen LogP) is 2.75. The third-order valence-corrected chi connectivity index (χ3v) is 2.80. The van der Waals surface area contributed by atoms with Gasteiger partial charge in [-0.1, -0.05) is 0 Å². The second-order valence-electron chi connectivity index (χ2n) is 4.32. The first kappa shape index (κ1) is 13.9. The summed E-state index contributed by atoms with van der Waals surface area (Å²) in [5, 5.41) is 8.44. The lowest BCUT2D eigenvalue weighted by Gasteiger charge is -2.15. The number of alkyl halides is 3. The van der Waals surface area contributed by atoms with Crippen LogP contribution in [0.25, 0.3) is 11.0 Å². The van der Waals surface area contributed by atoms with E-state index >= 15 is 0 Å². The number of anilines is 1. The first-order chi connectivity index (χ1) is 9.25. The van der Waals surface area contributed by atoms with E-state index in [1.54, 1.807) is 19.0 Å². The Hall–Kier alpha value is -2.49. The second kappa shape index (κ2) is 4.56. The van der Waals surface area contributed by atoms with Gasteiger partial charge < -0.3 is 9.32 Å². The molecule has 0 radical (unpaired) electrons. The van der Waals surface area contributed by atoms with Gasteiger partial charge in [-0.3, -0.25) is 0 Å². The molecule has 1 aromatic carbocycles. The van der Waals surface area contributed by atoms with Gasteiger partial charge in [0, 0.05) is 31.2 Å². The van der Waals surface area contributed by atoms with Crippen molar-refractivity contribution in [2.45, 2.75) is 6.18 Å². The van der Waals surface area contributed by atoms with Gasteiger partial charge in [0.15, 0.2) is 5.56 Å². The molecule has 0 fully saturated rings. The molecule has 1 aromatic heterocycles. The zero-order valence-electron chi connectivity index (χ0n) is 10.6.